The minimum absolute atomic E-state index is 0.0233. The molecule has 2 atom stereocenters. The van der Waals surface area contributed by atoms with Crippen molar-refractivity contribution in [3.8, 4) is 0 Å². The SMILES string of the molecule is Cc1cc(C)cc(CC(C(=O)O)N(C(=O)CCCCCOCc2ccccc2CC(=O)NO)C(CN)c2ccc(S(N)(=O)=O)cc2)c1. The summed E-state index contributed by atoms with van der Waals surface area (Å²) in [5, 5.41) is 24.5. The van der Waals surface area contributed by atoms with Crippen LogP contribution in [0.25, 0.3) is 0 Å². The predicted octanol–water partition coefficient (Wildman–Crippen LogP) is 3.30. The monoisotopic (exact) mass is 668 g/mol. The van der Waals surface area contributed by atoms with Gasteiger partial charge in [0.2, 0.25) is 21.8 Å². The lowest BCUT2D eigenvalue weighted by atomic mass is 9.96. The van der Waals surface area contributed by atoms with Crippen LogP contribution in [0.5, 0.6) is 0 Å². The number of hydroxylamine groups is 1. The number of benzene rings is 3. The smallest absolute Gasteiger partial charge is 0.326 e. The Morgan fingerprint density at radius 1 is 0.936 bits per heavy atom. The van der Waals surface area contributed by atoms with Crippen molar-refractivity contribution in [3.63, 3.8) is 0 Å². The zero-order valence-corrected chi connectivity index (χ0v) is 27.5. The maximum absolute atomic E-state index is 13.8. The quantitative estimate of drug-likeness (QED) is 0.0766. The third-order valence-corrected chi connectivity index (χ3v) is 8.73. The fraction of sp³-hybridized carbons (Fsp3) is 0.382. The number of nitrogens with zero attached hydrogens (tertiary/aromatic N) is 1. The van der Waals surface area contributed by atoms with E-state index in [4.69, 9.17) is 20.8 Å². The molecule has 0 aromatic heterocycles. The molecule has 0 bridgehead atoms. The van der Waals surface area contributed by atoms with Crippen molar-refractivity contribution in [1.82, 2.24) is 10.4 Å². The van der Waals surface area contributed by atoms with Gasteiger partial charge in [0.05, 0.1) is 24.0 Å². The third-order valence-electron chi connectivity index (χ3n) is 7.80. The second-order valence-corrected chi connectivity index (χ2v) is 13.1. The van der Waals surface area contributed by atoms with Crippen LogP contribution in [0.1, 0.15) is 65.1 Å². The molecule has 0 saturated carbocycles. The molecule has 0 radical (unpaired) electrons. The molecule has 0 aliphatic carbocycles. The van der Waals surface area contributed by atoms with Crippen LogP contribution in [0.3, 0.4) is 0 Å². The van der Waals surface area contributed by atoms with Crippen LogP contribution in [0.2, 0.25) is 0 Å². The summed E-state index contributed by atoms with van der Waals surface area (Å²) in [7, 11) is -3.95. The van der Waals surface area contributed by atoms with Crippen LogP contribution in [-0.4, -0.2) is 60.6 Å². The summed E-state index contributed by atoms with van der Waals surface area (Å²) in [6.07, 6.45) is 1.91. The first-order valence-electron chi connectivity index (χ1n) is 15.4. The number of unbranched alkanes of at least 4 members (excludes halogenated alkanes) is 2. The third kappa shape index (κ3) is 11.3. The Morgan fingerprint density at radius 3 is 2.15 bits per heavy atom. The van der Waals surface area contributed by atoms with Crippen molar-refractivity contribution in [2.75, 3.05) is 13.2 Å². The van der Waals surface area contributed by atoms with Crippen LogP contribution in [0.4, 0.5) is 0 Å². The number of carboxylic acids is 1. The largest absolute Gasteiger partial charge is 0.480 e. The first-order chi connectivity index (χ1) is 22.3. The van der Waals surface area contributed by atoms with E-state index in [-0.39, 0.29) is 43.2 Å². The van der Waals surface area contributed by atoms with Gasteiger partial charge in [-0.05, 0) is 61.1 Å². The standard InChI is InChI=1S/C34H44N4O8S/c1-23-16-24(2)18-25(17-23)19-30(34(41)42)38(31(21-35)26-11-13-29(14-12-26)47(36,44)45)33(40)10-4-3-7-15-46-22-28-9-6-5-8-27(28)20-32(39)37-43/h5-6,8-9,11-14,16-18,30-31,43H,3-4,7,10,15,19-22,35H2,1-2H3,(H,37,39)(H,41,42)(H2,36,44,45). The summed E-state index contributed by atoms with van der Waals surface area (Å²) < 4.78 is 29.4. The maximum Gasteiger partial charge on any atom is 0.326 e. The lowest BCUT2D eigenvalue weighted by Gasteiger charge is -2.36. The van der Waals surface area contributed by atoms with Crippen LogP contribution >= 0.6 is 0 Å². The Bertz CT molecular complexity index is 1610. The van der Waals surface area contributed by atoms with Crippen LogP contribution in [0, 0.1) is 13.8 Å². The zero-order valence-electron chi connectivity index (χ0n) is 26.7. The molecule has 254 valence electrons. The van der Waals surface area contributed by atoms with E-state index < -0.39 is 34.0 Å². The number of amides is 2. The van der Waals surface area contributed by atoms with Gasteiger partial charge < -0.3 is 20.5 Å². The van der Waals surface area contributed by atoms with E-state index in [1.54, 1.807) is 17.6 Å². The van der Waals surface area contributed by atoms with Crippen molar-refractivity contribution in [2.24, 2.45) is 10.9 Å². The number of carbonyl (C=O) groups is 3. The minimum Gasteiger partial charge on any atom is -0.480 e. The number of sulfonamides is 1. The molecule has 3 aromatic carbocycles. The minimum atomic E-state index is -3.95. The van der Waals surface area contributed by atoms with Crippen molar-refractivity contribution in [2.45, 2.75) is 76.0 Å². The highest BCUT2D eigenvalue weighted by Crippen LogP contribution is 2.27. The second kappa shape index (κ2) is 17.7. The highest BCUT2D eigenvalue weighted by atomic mass is 32.2. The normalized spacial score (nSPS) is 12.7. The molecular weight excluding hydrogens is 624 g/mol. The van der Waals surface area contributed by atoms with Gasteiger partial charge in [-0.3, -0.25) is 14.8 Å². The molecule has 0 fully saturated rings. The Balaban J connectivity index is 1.72. The highest BCUT2D eigenvalue weighted by molar-refractivity contribution is 7.89. The molecule has 0 aliphatic heterocycles. The first kappa shape index (κ1) is 37.3. The molecule has 2 amide bonds. The molecule has 0 spiro atoms. The van der Waals surface area contributed by atoms with Gasteiger partial charge in [-0.2, -0.15) is 0 Å². The number of nitrogens with two attached hydrogens (primary N) is 2. The zero-order chi connectivity index (χ0) is 34.6. The average Bonchev–Trinajstić information content (AvgIpc) is 3.02. The Kier molecular flexibility index (Phi) is 14.0. The number of ether oxygens (including phenoxy) is 1. The summed E-state index contributed by atoms with van der Waals surface area (Å²) in [6.45, 7) is 4.44. The van der Waals surface area contributed by atoms with Gasteiger partial charge in [-0.1, -0.05) is 72.1 Å². The number of aliphatic carboxylic acids is 1. The Labute approximate surface area is 275 Å². The molecular formula is C34H44N4O8S. The molecule has 12 nitrogen and oxygen atoms in total. The number of hydrogen-bond acceptors (Lipinski definition) is 8. The van der Waals surface area contributed by atoms with Crippen LogP contribution < -0.4 is 16.4 Å². The predicted molar refractivity (Wildman–Crippen MR) is 176 cm³/mol. The lowest BCUT2D eigenvalue weighted by molar-refractivity contribution is -0.152. The summed E-state index contributed by atoms with van der Waals surface area (Å²) in [5.41, 5.74) is 12.6. The fourth-order valence-corrected chi connectivity index (χ4v) is 6.14. The molecule has 0 aliphatic rings. The molecule has 3 rings (SSSR count). The lowest BCUT2D eigenvalue weighted by Crippen LogP contribution is -2.50. The summed E-state index contributed by atoms with van der Waals surface area (Å²) >= 11 is 0. The van der Waals surface area contributed by atoms with Crippen molar-refractivity contribution in [1.29, 1.82) is 0 Å². The van der Waals surface area contributed by atoms with Crippen molar-refractivity contribution < 1.29 is 37.9 Å². The van der Waals surface area contributed by atoms with Gasteiger partial charge in [-0.15, -0.1) is 0 Å². The number of rotatable bonds is 18. The van der Waals surface area contributed by atoms with E-state index in [1.807, 2.05) is 44.2 Å². The van der Waals surface area contributed by atoms with Crippen molar-refractivity contribution in [3.05, 3.63) is 100 Å². The van der Waals surface area contributed by atoms with E-state index in [1.165, 1.54) is 29.2 Å². The van der Waals surface area contributed by atoms with E-state index in [0.717, 1.165) is 27.8 Å². The maximum atomic E-state index is 13.8. The van der Waals surface area contributed by atoms with E-state index in [0.29, 0.717) is 31.4 Å². The number of carbonyl (C=O) groups excluding carboxylic acids is 2. The molecule has 47 heavy (non-hydrogen) atoms. The van der Waals surface area contributed by atoms with Gasteiger partial charge >= 0.3 is 5.97 Å². The number of hydrogen-bond donors (Lipinski definition) is 5. The summed E-state index contributed by atoms with van der Waals surface area (Å²) in [6, 6.07) is 16.6. The number of primary sulfonamides is 1. The Hall–Kier alpha value is -4.14. The van der Waals surface area contributed by atoms with Crippen LogP contribution in [-0.2, 0) is 48.6 Å². The molecule has 7 N–H and O–H groups in total. The van der Waals surface area contributed by atoms with Gasteiger partial charge in [0, 0.05) is 26.0 Å². The molecule has 0 heterocycles. The number of aryl methyl sites for hydroxylation is 2. The molecule has 3 aromatic rings. The topological polar surface area (TPSA) is 202 Å². The first-order valence-corrected chi connectivity index (χ1v) is 16.9. The highest BCUT2D eigenvalue weighted by Gasteiger charge is 2.35. The van der Waals surface area contributed by atoms with Crippen molar-refractivity contribution >= 4 is 27.8 Å². The Morgan fingerprint density at radius 2 is 1.57 bits per heavy atom. The second-order valence-electron chi connectivity index (χ2n) is 11.6. The number of nitrogens with one attached hydrogen (secondary N) is 1. The van der Waals surface area contributed by atoms with E-state index in [2.05, 4.69) is 0 Å². The van der Waals surface area contributed by atoms with Gasteiger partial charge in [0.25, 0.3) is 0 Å². The fourth-order valence-electron chi connectivity index (χ4n) is 5.62. The van der Waals surface area contributed by atoms with Gasteiger partial charge in [0.1, 0.15) is 6.04 Å². The van der Waals surface area contributed by atoms with Crippen LogP contribution in [0.15, 0.2) is 71.6 Å². The summed E-state index contributed by atoms with van der Waals surface area (Å²) in [4.78, 5) is 39.4. The molecule has 13 heteroatoms. The molecule has 0 saturated heterocycles. The van der Waals surface area contributed by atoms with Gasteiger partial charge in [-0.25, -0.2) is 23.8 Å². The summed E-state index contributed by atoms with van der Waals surface area (Å²) in [5.74, 6) is -2.08. The van der Waals surface area contributed by atoms with E-state index in [9.17, 15) is 27.9 Å². The molecule has 2 unspecified atom stereocenters. The van der Waals surface area contributed by atoms with E-state index >= 15 is 0 Å². The van der Waals surface area contributed by atoms with Gasteiger partial charge in [0.15, 0.2) is 0 Å². The average molecular weight is 669 g/mol. The number of carboxylic acid groups (broad SMARTS) is 1.